The van der Waals surface area contributed by atoms with E-state index in [1.165, 1.54) is 0 Å². The Morgan fingerprint density at radius 2 is 1.85 bits per heavy atom. The number of hydrogen-bond acceptors (Lipinski definition) is 4. The Labute approximate surface area is 177 Å². The Kier molecular flexibility index (Phi) is 10.6. The van der Waals surface area contributed by atoms with Crippen molar-refractivity contribution in [3.63, 3.8) is 0 Å². The second-order valence-corrected chi connectivity index (χ2v) is 5.70. The first-order valence-electron chi connectivity index (χ1n) is 8.70. The third-order valence-electron chi connectivity index (χ3n) is 3.89. The van der Waals surface area contributed by atoms with Gasteiger partial charge in [0.1, 0.15) is 0 Å². The molecule has 7 nitrogen and oxygen atoms in total. The van der Waals surface area contributed by atoms with Gasteiger partial charge in [-0.3, -0.25) is 4.99 Å². The number of rotatable bonds is 9. The number of halogens is 1. The predicted molar refractivity (Wildman–Crippen MR) is 118 cm³/mol. The maximum Gasteiger partial charge on any atom is 0.191 e. The summed E-state index contributed by atoms with van der Waals surface area (Å²) in [4.78, 5) is 4.47. The van der Waals surface area contributed by atoms with Crippen LogP contribution in [0.4, 0.5) is 0 Å². The molecule has 2 rings (SSSR count). The van der Waals surface area contributed by atoms with Crippen molar-refractivity contribution in [2.45, 2.75) is 19.6 Å². The number of methoxy groups -OCH3 is 2. The maximum absolute atomic E-state index is 10.4. The van der Waals surface area contributed by atoms with E-state index in [0.717, 1.165) is 25.2 Å². The van der Waals surface area contributed by atoms with Crippen LogP contribution in [0.5, 0.6) is 11.5 Å². The van der Waals surface area contributed by atoms with E-state index in [1.54, 1.807) is 26.4 Å². The van der Waals surface area contributed by atoms with Gasteiger partial charge in [-0.1, -0.05) is 6.07 Å². The van der Waals surface area contributed by atoms with Crippen molar-refractivity contribution in [1.82, 2.24) is 15.2 Å². The molecule has 0 aliphatic heterocycles. The zero-order valence-electron chi connectivity index (χ0n) is 16.0. The maximum atomic E-state index is 10.4. The van der Waals surface area contributed by atoms with Crippen LogP contribution >= 0.6 is 24.0 Å². The molecule has 1 aromatic heterocycles. The summed E-state index contributed by atoms with van der Waals surface area (Å²) in [5.74, 6) is 1.90. The highest BCUT2D eigenvalue weighted by molar-refractivity contribution is 14.0. The molecular weight excluding hydrogens is 459 g/mol. The van der Waals surface area contributed by atoms with Gasteiger partial charge in [0.15, 0.2) is 17.5 Å². The number of nitrogens with zero attached hydrogens (tertiary/aromatic N) is 2. The molecule has 0 amide bonds. The van der Waals surface area contributed by atoms with Crippen LogP contribution < -0.4 is 20.1 Å². The quantitative estimate of drug-likeness (QED) is 0.287. The number of hydrogen-bond donors (Lipinski definition) is 3. The normalized spacial score (nSPS) is 12.1. The number of nitrogens with one attached hydrogen (secondary N) is 2. The molecule has 8 heteroatoms. The number of aliphatic hydroxyl groups is 1. The number of aliphatic imine (C=N–C) groups is 1. The zero-order valence-corrected chi connectivity index (χ0v) is 18.3. The molecule has 0 saturated carbocycles. The Balaban J connectivity index is 0.00000364. The molecule has 1 atom stereocenters. The van der Waals surface area contributed by atoms with Gasteiger partial charge in [0.05, 0.1) is 26.9 Å². The van der Waals surface area contributed by atoms with Crippen molar-refractivity contribution in [2.75, 3.05) is 33.9 Å². The molecule has 27 heavy (non-hydrogen) atoms. The summed E-state index contributed by atoms with van der Waals surface area (Å²) in [5, 5.41) is 16.9. The van der Waals surface area contributed by atoms with Gasteiger partial charge in [0, 0.05) is 32.0 Å². The molecule has 150 valence electrons. The van der Waals surface area contributed by atoms with E-state index in [9.17, 15) is 5.11 Å². The summed E-state index contributed by atoms with van der Waals surface area (Å²) in [7, 11) is 3.16. The van der Waals surface area contributed by atoms with E-state index in [2.05, 4.69) is 20.2 Å². The first kappa shape index (κ1) is 23.1. The minimum absolute atomic E-state index is 0. The van der Waals surface area contributed by atoms with E-state index in [0.29, 0.717) is 17.5 Å². The molecule has 1 aromatic carbocycles. The minimum Gasteiger partial charge on any atom is -0.493 e. The first-order chi connectivity index (χ1) is 12.7. The van der Waals surface area contributed by atoms with E-state index in [-0.39, 0.29) is 30.5 Å². The van der Waals surface area contributed by atoms with Crippen molar-refractivity contribution in [3.05, 3.63) is 48.3 Å². The predicted octanol–water partition coefficient (Wildman–Crippen LogP) is 2.41. The van der Waals surface area contributed by atoms with Crippen LogP contribution in [-0.2, 0) is 6.54 Å². The summed E-state index contributed by atoms with van der Waals surface area (Å²) >= 11 is 0. The minimum atomic E-state index is -0.727. The highest BCUT2D eigenvalue weighted by atomic mass is 127. The number of guanidine groups is 1. The Bertz CT molecular complexity index is 692. The monoisotopic (exact) mass is 488 g/mol. The molecular formula is C19H29IN4O3. The SMILES string of the molecule is CCNC(=NCC(O)c1ccc(OC)c(OC)c1)NCCn1cccc1.I. The number of aliphatic hydroxyl groups excluding tert-OH is 1. The Hall–Kier alpha value is -1.94. The van der Waals surface area contributed by atoms with Crippen molar-refractivity contribution in [2.24, 2.45) is 4.99 Å². The van der Waals surface area contributed by atoms with Gasteiger partial charge in [-0.15, -0.1) is 24.0 Å². The largest absolute Gasteiger partial charge is 0.493 e. The molecule has 1 heterocycles. The van der Waals surface area contributed by atoms with Crippen LogP contribution in [0.15, 0.2) is 47.7 Å². The zero-order chi connectivity index (χ0) is 18.8. The van der Waals surface area contributed by atoms with Gasteiger partial charge < -0.3 is 29.8 Å². The van der Waals surface area contributed by atoms with Gasteiger partial charge >= 0.3 is 0 Å². The fourth-order valence-corrected chi connectivity index (χ4v) is 2.51. The second kappa shape index (κ2) is 12.4. The third kappa shape index (κ3) is 7.30. The molecule has 0 aliphatic carbocycles. The standard InChI is InChI=1S/C19H28N4O3.HI/c1-4-20-19(21-9-12-23-10-5-6-11-23)22-14-16(24)15-7-8-17(25-2)18(13-15)26-3;/h5-8,10-11,13,16,24H,4,9,12,14H2,1-3H3,(H2,20,21,22);1H. The first-order valence-corrected chi connectivity index (χ1v) is 8.70. The lowest BCUT2D eigenvalue weighted by Crippen LogP contribution is -2.39. The number of aromatic nitrogens is 1. The van der Waals surface area contributed by atoms with Crippen molar-refractivity contribution in [1.29, 1.82) is 0 Å². The summed E-state index contributed by atoms with van der Waals surface area (Å²) in [6.45, 7) is 4.59. The average molecular weight is 488 g/mol. The molecule has 0 spiro atoms. The molecule has 0 saturated heterocycles. The van der Waals surface area contributed by atoms with Crippen LogP contribution in [-0.4, -0.2) is 49.5 Å². The van der Waals surface area contributed by atoms with Crippen molar-refractivity contribution >= 4 is 29.9 Å². The molecule has 0 aliphatic rings. The lowest BCUT2D eigenvalue weighted by molar-refractivity contribution is 0.186. The Morgan fingerprint density at radius 3 is 2.48 bits per heavy atom. The second-order valence-electron chi connectivity index (χ2n) is 5.70. The summed E-state index contributed by atoms with van der Waals surface area (Å²) in [6.07, 6.45) is 3.31. The lowest BCUT2D eigenvalue weighted by atomic mass is 10.1. The molecule has 1 unspecified atom stereocenters. The molecule has 2 aromatic rings. The Morgan fingerprint density at radius 1 is 1.15 bits per heavy atom. The number of ether oxygens (including phenoxy) is 2. The lowest BCUT2D eigenvalue weighted by Gasteiger charge is -2.15. The van der Waals surface area contributed by atoms with E-state index in [1.807, 2.05) is 37.5 Å². The van der Waals surface area contributed by atoms with E-state index < -0.39 is 6.10 Å². The van der Waals surface area contributed by atoms with E-state index >= 15 is 0 Å². The van der Waals surface area contributed by atoms with Crippen molar-refractivity contribution in [3.8, 4) is 11.5 Å². The molecule has 0 fully saturated rings. The summed E-state index contributed by atoms with van der Waals surface area (Å²) in [5.41, 5.74) is 0.731. The smallest absolute Gasteiger partial charge is 0.191 e. The fraction of sp³-hybridized carbons (Fsp3) is 0.421. The highest BCUT2D eigenvalue weighted by Gasteiger charge is 2.11. The summed E-state index contributed by atoms with van der Waals surface area (Å²) in [6, 6.07) is 9.36. The third-order valence-corrected chi connectivity index (χ3v) is 3.89. The number of benzene rings is 1. The van der Waals surface area contributed by atoms with Gasteiger partial charge in [-0.05, 0) is 36.8 Å². The van der Waals surface area contributed by atoms with Gasteiger partial charge in [-0.25, -0.2) is 0 Å². The van der Waals surface area contributed by atoms with Crippen LogP contribution in [0.25, 0.3) is 0 Å². The topological polar surface area (TPSA) is 80.0 Å². The van der Waals surface area contributed by atoms with Gasteiger partial charge in [-0.2, -0.15) is 0 Å². The van der Waals surface area contributed by atoms with Crippen LogP contribution in [0, 0.1) is 0 Å². The van der Waals surface area contributed by atoms with Crippen molar-refractivity contribution < 1.29 is 14.6 Å². The van der Waals surface area contributed by atoms with Crippen LogP contribution in [0.2, 0.25) is 0 Å². The molecule has 0 bridgehead atoms. The molecule has 0 radical (unpaired) electrons. The van der Waals surface area contributed by atoms with Crippen LogP contribution in [0.3, 0.4) is 0 Å². The molecule has 3 N–H and O–H groups in total. The summed E-state index contributed by atoms with van der Waals surface area (Å²) < 4.78 is 12.6. The van der Waals surface area contributed by atoms with Gasteiger partial charge in [0.25, 0.3) is 0 Å². The fourth-order valence-electron chi connectivity index (χ4n) is 2.51. The average Bonchev–Trinajstić information content (AvgIpc) is 3.18. The highest BCUT2D eigenvalue weighted by Crippen LogP contribution is 2.29. The van der Waals surface area contributed by atoms with Crippen LogP contribution in [0.1, 0.15) is 18.6 Å². The van der Waals surface area contributed by atoms with E-state index in [4.69, 9.17) is 9.47 Å². The van der Waals surface area contributed by atoms with Gasteiger partial charge in [0.2, 0.25) is 0 Å².